The Bertz CT molecular complexity index is 229. The van der Waals surface area contributed by atoms with Gasteiger partial charge in [0.1, 0.15) is 6.54 Å². The van der Waals surface area contributed by atoms with Crippen LogP contribution in [0.4, 0.5) is 13.2 Å². The SMILES string of the molecule is CC(C)C(C)C(=O)N(CCO)CC(F)(F)F. The molecule has 1 unspecified atom stereocenters. The number of hydrogen-bond donors (Lipinski definition) is 1. The van der Waals surface area contributed by atoms with Gasteiger partial charge < -0.3 is 10.0 Å². The number of alkyl halides is 3. The molecule has 3 nitrogen and oxygen atoms in total. The van der Waals surface area contributed by atoms with Crippen LogP contribution in [0.15, 0.2) is 0 Å². The van der Waals surface area contributed by atoms with Gasteiger partial charge >= 0.3 is 6.18 Å². The molecule has 96 valence electrons. The van der Waals surface area contributed by atoms with Gasteiger partial charge in [0.2, 0.25) is 5.91 Å². The highest BCUT2D eigenvalue weighted by Gasteiger charge is 2.34. The zero-order valence-corrected chi connectivity index (χ0v) is 9.71. The molecule has 0 heterocycles. The summed E-state index contributed by atoms with van der Waals surface area (Å²) in [7, 11) is 0. The lowest BCUT2D eigenvalue weighted by atomic mass is 9.96. The largest absolute Gasteiger partial charge is 0.406 e. The van der Waals surface area contributed by atoms with Crippen LogP contribution in [0.5, 0.6) is 0 Å². The second-order valence-electron chi connectivity index (χ2n) is 4.13. The Morgan fingerprint density at radius 3 is 2.12 bits per heavy atom. The molecule has 0 saturated carbocycles. The maximum Gasteiger partial charge on any atom is 0.406 e. The van der Waals surface area contributed by atoms with E-state index in [9.17, 15) is 18.0 Å². The summed E-state index contributed by atoms with van der Waals surface area (Å²) in [6.45, 7) is 3.08. The van der Waals surface area contributed by atoms with E-state index in [0.29, 0.717) is 4.90 Å². The minimum Gasteiger partial charge on any atom is -0.395 e. The average molecular weight is 241 g/mol. The lowest BCUT2D eigenvalue weighted by Crippen LogP contribution is -2.44. The lowest BCUT2D eigenvalue weighted by molar-refractivity contribution is -0.165. The molecule has 1 N–H and O–H groups in total. The summed E-state index contributed by atoms with van der Waals surface area (Å²) in [5, 5.41) is 8.64. The average Bonchev–Trinajstić information content (AvgIpc) is 2.12. The number of amides is 1. The maximum atomic E-state index is 12.2. The van der Waals surface area contributed by atoms with Gasteiger partial charge in [0, 0.05) is 12.5 Å². The number of aliphatic hydroxyl groups is 1. The normalized spacial score (nSPS) is 14.0. The van der Waals surface area contributed by atoms with Gasteiger partial charge in [-0.2, -0.15) is 13.2 Å². The summed E-state index contributed by atoms with van der Waals surface area (Å²) >= 11 is 0. The standard InChI is InChI=1S/C10H18F3NO2/c1-7(2)8(3)9(16)14(4-5-15)6-10(11,12)13/h7-8,15H,4-6H2,1-3H3. The number of carbonyl (C=O) groups excluding carboxylic acids is 1. The summed E-state index contributed by atoms with van der Waals surface area (Å²) in [5.74, 6) is -1.07. The molecule has 0 saturated heterocycles. The smallest absolute Gasteiger partial charge is 0.395 e. The fourth-order valence-corrected chi connectivity index (χ4v) is 1.18. The molecule has 0 aromatic carbocycles. The number of aliphatic hydroxyl groups excluding tert-OH is 1. The molecule has 1 amide bonds. The van der Waals surface area contributed by atoms with Gasteiger partial charge in [-0.15, -0.1) is 0 Å². The van der Waals surface area contributed by atoms with Gasteiger partial charge in [-0.3, -0.25) is 4.79 Å². The van der Waals surface area contributed by atoms with Crippen LogP contribution in [0.2, 0.25) is 0 Å². The van der Waals surface area contributed by atoms with Crippen molar-refractivity contribution in [1.29, 1.82) is 0 Å². The van der Waals surface area contributed by atoms with Crippen LogP contribution in [-0.4, -0.2) is 41.8 Å². The van der Waals surface area contributed by atoms with Crippen LogP contribution in [0, 0.1) is 11.8 Å². The van der Waals surface area contributed by atoms with Crippen molar-refractivity contribution in [3.8, 4) is 0 Å². The summed E-state index contributed by atoms with van der Waals surface area (Å²) in [6, 6.07) is 0. The zero-order chi connectivity index (χ0) is 12.9. The second kappa shape index (κ2) is 6.08. The third-order valence-electron chi connectivity index (χ3n) is 2.44. The van der Waals surface area contributed by atoms with Gasteiger partial charge in [-0.25, -0.2) is 0 Å². The van der Waals surface area contributed by atoms with Crippen LogP contribution < -0.4 is 0 Å². The molecule has 0 bridgehead atoms. The minimum atomic E-state index is -4.43. The van der Waals surface area contributed by atoms with E-state index in [2.05, 4.69) is 0 Å². The first-order valence-corrected chi connectivity index (χ1v) is 5.15. The third-order valence-corrected chi connectivity index (χ3v) is 2.44. The molecular weight excluding hydrogens is 223 g/mol. The van der Waals surface area contributed by atoms with E-state index in [0.717, 1.165) is 0 Å². The molecule has 0 aliphatic heterocycles. The Kier molecular flexibility index (Phi) is 5.78. The minimum absolute atomic E-state index is 0.0260. The molecule has 16 heavy (non-hydrogen) atoms. The van der Waals surface area contributed by atoms with E-state index in [1.807, 2.05) is 0 Å². The Labute approximate surface area is 93.2 Å². The summed E-state index contributed by atoms with van der Waals surface area (Å²) in [6.07, 6.45) is -4.43. The highest BCUT2D eigenvalue weighted by atomic mass is 19.4. The molecule has 0 rings (SSSR count). The summed E-state index contributed by atoms with van der Waals surface area (Å²) in [4.78, 5) is 12.3. The van der Waals surface area contributed by atoms with Crippen molar-refractivity contribution < 1.29 is 23.1 Å². The number of rotatable bonds is 5. The first-order chi connectivity index (χ1) is 7.19. The molecule has 1 atom stereocenters. The van der Waals surface area contributed by atoms with Gasteiger partial charge in [0.05, 0.1) is 6.61 Å². The highest BCUT2D eigenvalue weighted by Crippen LogP contribution is 2.20. The number of hydrogen-bond acceptors (Lipinski definition) is 2. The molecule has 0 spiro atoms. The van der Waals surface area contributed by atoms with E-state index >= 15 is 0 Å². The Hall–Kier alpha value is -0.780. The quantitative estimate of drug-likeness (QED) is 0.795. The van der Waals surface area contributed by atoms with Gasteiger partial charge in [-0.1, -0.05) is 20.8 Å². The van der Waals surface area contributed by atoms with Crippen LogP contribution in [-0.2, 0) is 4.79 Å². The van der Waals surface area contributed by atoms with Gasteiger partial charge in [-0.05, 0) is 5.92 Å². The van der Waals surface area contributed by atoms with Crippen molar-refractivity contribution in [3.63, 3.8) is 0 Å². The molecule has 0 aliphatic carbocycles. The highest BCUT2D eigenvalue weighted by molar-refractivity contribution is 5.78. The first kappa shape index (κ1) is 15.2. The monoisotopic (exact) mass is 241 g/mol. The van der Waals surface area contributed by atoms with Crippen molar-refractivity contribution >= 4 is 5.91 Å². The van der Waals surface area contributed by atoms with Crippen molar-refractivity contribution in [1.82, 2.24) is 4.90 Å². The van der Waals surface area contributed by atoms with E-state index in [-0.39, 0.29) is 12.5 Å². The third kappa shape index (κ3) is 5.34. The first-order valence-electron chi connectivity index (χ1n) is 5.15. The van der Waals surface area contributed by atoms with Crippen LogP contribution in [0.25, 0.3) is 0 Å². The predicted octanol–water partition coefficient (Wildman–Crippen LogP) is 1.66. The molecule has 0 aromatic heterocycles. The van der Waals surface area contributed by atoms with Crippen molar-refractivity contribution in [2.24, 2.45) is 11.8 Å². The topological polar surface area (TPSA) is 40.5 Å². The summed E-state index contributed by atoms with van der Waals surface area (Å²) in [5.41, 5.74) is 0. The van der Waals surface area contributed by atoms with Crippen LogP contribution in [0.3, 0.4) is 0 Å². The zero-order valence-electron chi connectivity index (χ0n) is 9.71. The van der Waals surface area contributed by atoms with Crippen molar-refractivity contribution in [2.75, 3.05) is 19.7 Å². The van der Waals surface area contributed by atoms with Crippen LogP contribution >= 0.6 is 0 Å². The Balaban J connectivity index is 4.59. The number of carbonyl (C=O) groups is 1. The molecule has 0 aromatic rings. The molecule has 6 heteroatoms. The molecular formula is C10H18F3NO2. The predicted molar refractivity (Wildman–Crippen MR) is 53.7 cm³/mol. The number of halogens is 3. The van der Waals surface area contributed by atoms with Crippen LogP contribution in [0.1, 0.15) is 20.8 Å². The molecule has 0 aliphatic rings. The fraction of sp³-hybridized carbons (Fsp3) is 0.900. The Morgan fingerprint density at radius 1 is 1.31 bits per heavy atom. The van der Waals surface area contributed by atoms with Gasteiger partial charge in [0.25, 0.3) is 0 Å². The van der Waals surface area contributed by atoms with E-state index in [1.165, 1.54) is 0 Å². The van der Waals surface area contributed by atoms with E-state index in [4.69, 9.17) is 5.11 Å². The lowest BCUT2D eigenvalue weighted by Gasteiger charge is -2.27. The maximum absolute atomic E-state index is 12.2. The molecule has 0 fully saturated rings. The second-order valence-corrected chi connectivity index (χ2v) is 4.13. The van der Waals surface area contributed by atoms with E-state index in [1.54, 1.807) is 20.8 Å². The van der Waals surface area contributed by atoms with Crippen molar-refractivity contribution in [2.45, 2.75) is 26.9 Å². The molecule has 0 radical (unpaired) electrons. The summed E-state index contributed by atoms with van der Waals surface area (Å²) < 4.78 is 36.5. The van der Waals surface area contributed by atoms with Crippen molar-refractivity contribution in [3.05, 3.63) is 0 Å². The van der Waals surface area contributed by atoms with E-state index < -0.39 is 31.2 Å². The number of nitrogens with zero attached hydrogens (tertiary/aromatic N) is 1. The fourth-order valence-electron chi connectivity index (χ4n) is 1.18. The Morgan fingerprint density at radius 2 is 1.81 bits per heavy atom. The van der Waals surface area contributed by atoms with Gasteiger partial charge in [0.15, 0.2) is 0 Å².